The summed E-state index contributed by atoms with van der Waals surface area (Å²) in [6.07, 6.45) is 1.46. The van der Waals surface area contributed by atoms with Crippen LogP contribution in [0.15, 0.2) is 41.5 Å². The number of nitro benzene ring substituents is 1. The first kappa shape index (κ1) is 18.1. The maximum absolute atomic E-state index is 11.1. The number of nitrogens with one attached hydrogen (secondary N) is 1. The highest BCUT2D eigenvalue weighted by molar-refractivity contribution is 5.85. The monoisotopic (exact) mass is 345 g/mol. The highest BCUT2D eigenvalue weighted by Crippen LogP contribution is 2.33. The molecule has 0 aliphatic heterocycles. The molecule has 1 N–H and O–H groups in total. The molecule has 0 bridgehead atoms. The van der Waals surface area contributed by atoms with Crippen LogP contribution in [0.2, 0.25) is 0 Å². The van der Waals surface area contributed by atoms with E-state index < -0.39 is 4.92 Å². The van der Waals surface area contributed by atoms with Crippen molar-refractivity contribution in [2.75, 3.05) is 21.3 Å². The number of hydrogen-bond acceptors (Lipinski definition) is 7. The Labute approximate surface area is 145 Å². The lowest BCUT2D eigenvalue weighted by atomic mass is 10.1. The average molecular weight is 345 g/mol. The van der Waals surface area contributed by atoms with Crippen molar-refractivity contribution >= 4 is 11.9 Å². The number of nitrogens with zero attached hydrogens (tertiary/aromatic N) is 2. The Hall–Kier alpha value is -3.29. The van der Waals surface area contributed by atoms with E-state index in [1.54, 1.807) is 7.11 Å². The average Bonchev–Trinajstić information content (AvgIpc) is 2.64. The van der Waals surface area contributed by atoms with Gasteiger partial charge in [0.2, 0.25) is 5.75 Å². The number of hydrogen-bond donors (Lipinski definition) is 1. The van der Waals surface area contributed by atoms with Gasteiger partial charge in [0.15, 0.2) is 0 Å². The summed E-state index contributed by atoms with van der Waals surface area (Å²) < 4.78 is 15.5. The third-order valence-corrected chi connectivity index (χ3v) is 3.48. The van der Waals surface area contributed by atoms with Crippen LogP contribution < -0.4 is 19.6 Å². The van der Waals surface area contributed by atoms with Crippen molar-refractivity contribution in [1.82, 2.24) is 5.43 Å². The molecule has 0 aliphatic carbocycles. The van der Waals surface area contributed by atoms with Crippen molar-refractivity contribution < 1.29 is 19.1 Å². The van der Waals surface area contributed by atoms with Crippen molar-refractivity contribution in [3.63, 3.8) is 0 Å². The quantitative estimate of drug-likeness (QED) is 0.449. The van der Waals surface area contributed by atoms with Gasteiger partial charge >= 0.3 is 5.69 Å². The summed E-state index contributed by atoms with van der Waals surface area (Å²) in [5.74, 6) is 1.30. The van der Waals surface area contributed by atoms with E-state index in [2.05, 4.69) is 10.5 Å². The van der Waals surface area contributed by atoms with Gasteiger partial charge in [-0.1, -0.05) is 18.2 Å². The van der Waals surface area contributed by atoms with E-state index in [1.165, 1.54) is 32.6 Å². The second-order valence-electron chi connectivity index (χ2n) is 4.93. The molecule has 2 aromatic carbocycles. The van der Waals surface area contributed by atoms with E-state index in [0.29, 0.717) is 17.9 Å². The van der Waals surface area contributed by atoms with Gasteiger partial charge in [0.05, 0.1) is 39.0 Å². The van der Waals surface area contributed by atoms with Crippen LogP contribution >= 0.6 is 0 Å². The molecule has 2 aromatic rings. The summed E-state index contributed by atoms with van der Waals surface area (Å²) in [4.78, 5) is 10.6. The lowest BCUT2D eigenvalue weighted by Crippen LogP contribution is -2.07. The van der Waals surface area contributed by atoms with Crippen LogP contribution in [0.25, 0.3) is 0 Å². The molecule has 0 aromatic heterocycles. The second-order valence-corrected chi connectivity index (χ2v) is 4.93. The Balaban J connectivity index is 2.17. The maximum atomic E-state index is 11.1. The predicted octanol–water partition coefficient (Wildman–Crippen LogP) is 2.74. The number of ether oxygens (including phenoxy) is 3. The lowest BCUT2D eigenvalue weighted by molar-refractivity contribution is -0.385. The Morgan fingerprint density at radius 1 is 1.08 bits per heavy atom. The fourth-order valence-corrected chi connectivity index (χ4v) is 2.24. The first-order chi connectivity index (χ1) is 12.1. The van der Waals surface area contributed by atoms with Gasteiger partial charge in [-0.3, -0.25) is 10.1 Å². The summed E-state index contributed by atoms with van der Waals surface area (Å²) in [6.45, 7) is 0.446. The fraction of sp³-hybridized carbons (Fsp3) is 0.235. The number of benzene rings is 2. The van der Waals surface area contributed by atoms with Gasteiger partial charge in [-0.05, 0) is 6.07 Å². The van der Waals surface area contributed by atoms with Gasteiger partial charge in [0.1, 0.15) is 11.5 Å². The Morgan fingerprint density at radius 3 is 2.40 bits per heavy atom. The van der Waals surface area contributed by atoms with Gasteiger partial charge in [-0.15, -0.1) is 0 Å². The standard InChI is InChI=1S/C17H19N3O5/c1-23-15-7-5-4-6-12(15)10-18-19-11-13-8-14(20(21)22)17(25-3)9-16(13)24-2/h4-9,11,18H,10H2,1-3H3/b19-11+. The molecule has 0 heterocycles. The maximum Gasteiger partial charge on any atom is 0.311 e. The van der Waals surface area contributed by atoms with Crippen molar-refractivity contribution in [1.29, 1.82) is 0 Å². The molecule has 0 aliphatic rings. The largest absolute Gasteiger partial charge is 0.496 e. The van der Waals surface area contributed by atoms with Crippen molar-refractivity contribution in [3.05, 3.63) is 57.6 Å². The van der Waals surface area contributed by atoms with Crippen LogP contribution in [-0.4, -0.2) is 32.5 Å². The molecule has 0 amide bonds. The molecule has 8 heteroatoms. The van der Waals surface area contributed by atoms with Crippen LogP contribution in [0.3, 0.4) is 0 Å². The highest BCUT2D eigenvalue weighted by Gasteiger charge is 2.18. The van der Waals surface area contributed by atoms with E-state index in [-0.39, 0.29) is 11.4 Å². The Kier molecular flexibility index (Phi) is 6.16. The lowest BCUT2D eigenvalue weighted by Gasteiger charge is -2.09. The number of nitro groups is 1. The second kappa shape index (κ2) is 8.53. The molecule has 2 rings (SSSR count). The summed E-state index contributed by atoms with van der Waals surface area (Å²) in [5.41, 5.74) is 4.13. The zero-order valence-corrected chi connectivity index (χ0v) is 14.2. The molecule has 25 heavy (non-hydrogen) atoms. The molecule has 0 unspecified atom stereocenters. The minimum absolute atomic E-state index is 0.126. The molecule has 132 valence electrons. The van der Waals surface area contributed by atoms with Crippen LogP contribution in [0.4, 0.5) is 5.69 Å². The van der Waals surface area contributed by atoms with Gasteiger partial charge in [-0.25, -0.2) is 0 Å². The number of hydrazone groups is 1. The van der Waals surface area contributed by atoms with Crippen molar-refractivity contribution in [3.8, 4) is 17.2 Å². The molecule has 0 saturated heterocycles. The van der Waals surface area contributed by atoms with E-state index in [4.69, 9.17) is 14.2 Å². The normalized spacial score (nSPS) is 10.5. The zero-order valence-electron chi connectivity index (χ0n) is 14.2. The van der Waals surface area contributed by atoms with E-state index in [9.17, 15) is 10.1 Å². The molecule has 8 nitrogen and oxygen atoms in total. The first-order valence-electron chi connectivity index (χ1n) is 7.39. The van der Waals surface area contributed by atoms with Gasteiger partial charge < -0.3 is 19.6 Å². The molecule has 0 spiro atoms. The van der Waals surface area contributed by atoms with Crippen LogP contribution in [0.1, 0.15) is 11.1 Å². The molecular weight excluding hydrogens is 326 g/mol. The number of para-hydroxylation sites is 1. The topological polar surface area (TPSA) is 95.2 Å². The fourth-order valence-electron chi connectivity index (χ4n) is 2.24. The van der Waals surface area contributed by atoms with Gasteiger partial charge in [0.25, 0.3) is 0 Å². The minimum Gasteiger partial charge on any atom is -0.496 e. The highest BCUT2D eigenvalue weighted by atomic mass is 16.6. The SMILES string of the molecule is COc1cc(OC)c([N+](=O)[O-])cc1/C=N/NCc1ccccc1OC. The third kappa shape index (κ3) is 4.37. The summed E-state index contributed by atoms with van der Waals surface area (Å²) in [7, 11) is 4.44. The van der Waals surface area contributed by atoms with Gasteiger partial charge in [0, 0.05) is 23.3 Å². The molecule has 0 saturated carbocycles. The van der Waals surface area contributed by atoms with E-state index in [0.717, 1.165) is 11.3 Å². The van der Waals surface area contributed by atoms with Crippen LogP contribution in [0, 0.1) is 10.1 Å². The summed E-state index contributed by atoms with van der Waals surface area (Å²) >= 11 is 0. The minimum atomic E-state index is -0.516. The molecular formula is C17H19N3O5. The number of methoxy groups -OCH3 is 3. The number of rotatable bonds is 8. The molecule has 0 radical (unpaired) electrons. The predicted molar refractivity (Wildman–Crippen MR) is 93.6 cm³/mol. The molecule has 0 fully saturated rings. The molecule has 0 atom stereocenters. The Bertz CT molecular complexity index is 777. The van der Waals surface area contributed by atoms with E-state index >= 15 is 0 Å². The van der Waals surface area contributed by atoms with Crippen LogP contribution in [-0.2, 0) is 6.54 Å². The first-order valence-corrected chi connectivity index (χ1v) is 7.39. The third-order valence-electron chi connectivity index (χ3n) is 3.48. The zero-order chi connectivity index (χ0) is 18.2. The van der Waals surface area contributed by atoms with Crippen molar-refractivity contribution in [2.45, 2.75) is 6.54 Å². The summed E-state index contributed by atoms with van der Waals surface area (Å²) in [5, 5.41) is 15.2. The smallest absolute Gasteiger partial charge is 0.311 e. The van der Waals surface area contributed by atoms with Crippen molar-refractivity contribution in [2.24, 2.45) is 5.10 Å². The summed E-state index contributed by atoms with van der Waals surface area (Å²) in [6, 6.07) is 10.4. The van der Waals surface area contributed by atoms with Crippen LogP contribution in [0.5, 0.6) is 17.2 Å². The van der Waals surface area contributed by atoms with E-state index in [1.807, 2.05) is 24.3 Å². The van der Waals surface area contributed by atoms with Gasteiger partial charge in [-0.2, -0.15) is 5.10 Å². The Morgan fingerprint density at radius 2 is 1.76 bits per heavy atom.